The molecule has 1 aliphatic heterocycles. The van der Waals surface area contributed by atoms with Crippen LogP contribution in [0, 0.1) is 18.6 Å². The van der Waals surface area contributed by atoms with E-state index in [1.54, 1.807) is 0 Å². The molecule has 0 fully saturated rings. The predicted molar refractivity (Wildman–Crippen MR) is 110 cm³/mol. The number of anilines is 1. The lowest BCUT2D eigenvalue weighted by Crippen LogP contribution is -2.45. The highest BCUT2D eigenvalue weighted by Gasteiger charge is 2.35. The molecule has 2 aromatic carbocycles. The first-order valence-corrected chi connectivity index (χ1v) is 11.2. The molecule has 1 amide bonds. The maximum Gasteiger partial charge on any atom is 0.241 e. The highest BCUT2D eigenvalue weighted by molar-refractivity contribution is 7.92. The van der Waals surface area contributed by atoms with Gasteiger partial charge < -0.3 is 10.1 Å². The number of rotatable bonds is 5. The van der Waals surface area contributed by atoms with Gasteiger partial charge in [0, 0.05) is 18.1 Å². The van der Waals surface area contributed by atoms with Crippen molar-refractivity contribution < 1.29 is 26.7 Å². The predicted octanol–water partition coefficient (Wildman–Crippen LogP) is 3.46. The number of carbonyl (C=O) groups is 1. The second kappa shape index (κ2) is 7.86. The number of ether oxygens (including phenoxy) is 1. The minimum Gasteiger partial charge on any atom is -0.487 e. The Morgan fingerprint density at radius 3 is 2.57 bits per heavy atom. The fraction of sp³-hybridized carbons (Fsp3) is 0.381. The maximum atomic E-state index is 14.2. The second-order valence-corrected chi connectivity index (χ2v) is 10.00. The van der Waals surface area contributed by atoms with Gasteiger partial charge in [0.2, 0.25) is 15.9 Å². The maximum absolute atomic E-state index is 14.2. The lowest BCUT2D eigenvalue weighted by molar-refractivity contribution is -0.120. The van der Waals surface area contributed by atoms with Crippen LogP contribution in [0.2, 0.25) is 0 Å². The Balaban J connectivity index is 1.87. The molecule has 6 nitrogen and oxygen atoms in total. The largest absolute Gasteiger partial charge is 0.487 e. The first-order valence-electron chi connectivity index (χ1n) is 9.37. The number of halogens is 2. The van der Waals surface area contributed by atoms with Gasteiger partial charge in [-0.2, -0.15) is 0 Å². The first-order chi connectivity index (χ1) is 13.9. The molecular weight excluding hydrogens is 414 g/mol. The zero-order chi connectivity index (χ0) is 22.3. The van der Waals surface area contributed by atoms with E-state index in [9.17, 15) is 22.0 Å². The molecule has 1 heterocycles. The van der Waals surface area contributed by atoms with E-state index in [1.165, 1.54) is 0 Å². The van der Waals surface area contributed by atoms with Gasteiger partial charge in [-0.1, -0.05) is 17.7 Å². The molecule has 0 spiro atoms. The molecule has 30 heavy (non-hydrogen) atoms. The van der Waals surface area contributed by atoms with Crippen LogP contribution in [0.4, 0.5) is 14.5 Å². The van der Waals surface area contributed by atoms with Gasteiger partial charge in [-0.15, -0.1) is 0 Å². The van der Waals surface area contributed by atoms with Gasteiger partial charge in [0.25, 0.3) is 0 Å². The third-order valence-corrected chi connectivity index (χ3v) is 5.95. The number of fused-ring (bicyclic) bond motifs is 1. The summed E-state index contributed by atoms with van der Waals surface area (Å²) in [5.74, 6) is -1.88. The van der Waals surface area contributed by atoms with E-state index in [0.29, 0.717) is 22.5 Å². The Morgan fingerprint density at radius 1 is 1.23 bits per heavy atom. The lowest BCUT2D eigenvalue weighted by Gasteiger charge is -2.38. The summed E-state index contributed by atoms with van der Waals surface area (Å²) in [6.45, 7) is 5.07. The Hall–Kier alpha value is -2.68. The molecule has 0 bridgehead atoms. The van der Waals surface area contributed by atoms with Gasteiger partial charge in [0.15, 0.2) is 0 Å². The summed E-state index contributed by atoms with van der Waals surface area (Å²) >= 11 is 0. The number of hydrogen-bond acceptors (Lipinski definition) is 4. The van der Waals surface area contributed by atoms with Crippen LogP contribution in [0.1, 0.15) is 37.4 Å². The topological polar surface area (TPSA) is 75.7 Å². The van der Waals surface area contributed by atoms with Crippen molar-refractivity contribution in [2.24, 2.45) is 0 Å². The average Bonchev–Trinajstić information content (AvgIpc) is 2.59. The fourth-order valence-electron chi connectivity index (χ4n) is 3.54. The zero-order valence-corrected chi connectivity index (χ0v) is 18.0. The van der Waals surface area contributed by atoms with Gasteiger partial charge >= 0.3 is 0 Å². The lowest BCUT2D eigenvalue weighted by atomic mass is 9.89. The standard InChI is InChI=1S/C21H24F2N2O4S/c1-13-5-8-19-15(9-13)17(11-21(2,3)29-19)24-20(26)12-25(30(4,27)28)18-7-6-14(22)10-16(18)23/h5-10,17H,11-12H2,1-4H3,(H,24,26)/t17-/m0/s1. The number of nitrogens with one attached hydrogen (secondary N) is 1. The molecule has 0 aliphatic carbocycles. The first kappa shape index (κ1) is 22.0. The molecule has 162 valence electrons. The van der Waals surface area contributed by atoms with E-state index in [4.69, 9.17) is 4.74 Å². The number of amides is 1. The molecule has 3 rings (SSSR count). The van der Waals surface area contributed by atoms with Crippen molar-refractivity contribution in [1.82, 2.24) is 5.32 Å². The Kier molecular flexibility index (Phi) is 5.77. The number of sulfonamides is 1. The minimum absolute atomic E-state index is 0.391. The van der Waals surface area contributed by atoms with Crippen molar-refractivity contribution in [3.63, 3.8) is 0 Å². The molecule has 1 atom stereocenters. The second-order valence-electron chi connectivity index (χ2n) is 8.09. The molecule has 0 unspecified atom stereocenters. The molecule has 2 aromatic rings. The molecular formula is C21H24F2N2O4S. The molecule has 0 saturated heterocycles. The van der Waals surface area contributed by atoms with E-state index in [-0.39, 0.29) is 0 Å². The summed E-state index contributed by atoms with van der Waals surface area (Å²) in [6.07, 6.45) is 1.33. The molecule has 1 aliphatic rings. The van der Waals surface area contributed by atoms with E-state index >= 15 is 0 Å². The van der Waals surface area contributed by atoms with Crippen molar-refractivity contribution in [2.75, 3.05) is 17.1 Å². The highest BCUT2D eigenvalue weighted by Crippen LogP contribution is 2.39. The molecule has 0 saturated carbocycles. The van der Waals surface area contributed by atoms with Crippen LogP contribution in [0.25, 0.3) is 0 Å². The van der Waals surface area contributed by atoms with Gasteiger partial charge in [-0.3, -0.25) is 9.10 Å². The number of carbonyl (C=O) groups excluding carboxylic acids is 1. The van der Waals surface area contributed by atoms with Crippen molar-refractivity contribution in [3.05, 3.63) is 59.2 Å². The number of benzene rings is 2. The summed E-state index contributed by atoms with van der Waals surface area (Å²) in [4.78, 5) is 12.8. The third kappa shape index (κ3) is 4.89. The zero-order valence-electron chi connectivity index (χ0n) is 17.2. The third-order valence-electron chi connectivity index (χ3n) is 4.82. The van der Waals surface area contributed by atoms with Crippen molar-refractivity contribution in [2.45, 2.75) is 38.8 Å². The molecule has 9 heteroatoms. The Morgan fingerprint density at radius 2 is 1.93 bits per heavy atom. The van der Waals surface area contributed by atoms with Gasteiger partial charge in [-0.25, -0.2) is 17.2 Å². The van der Waals surface area contributed by atoms with Crippen LogP contribution in [-0.4, -0.2) is 32.7 Å². The quantitative estimate of drug-likeness (QED) is 0.776. The van der Waals surface area contributed by atoms with Crippen molar-refractivity contribution in [1.29, 1.82) is 0 Å². The van der Waals surface area contributed by atoms with Crippen LogP contribution >= 0.6 is 0 Å². The van der Waals surface area contributed by atoms with Gasteiger partial charge in [0.05, 0.1) is 18.0 Å². The van der Waals surface area contributed by atoms with E-state index < -0.39 is 51.4 Å². The van der Waals surface area contributed by atoms with Gasteiger partial charge in [-0.05, 0) is 39.0 Å². The van der Waals surface area contributed by atoms with Crippen LogP contribution in [0.5, 0.6) is 5.75 Å². The summed E-state index contributed by atoms with van der Waals surface area (Å²) in [7, 11) is -3.99. The SMILES string of the molecule is Cc1ccc2c(c1)[C@@H](NC(=O)CN(c1ccc(F)cc1F)S(C)(=O)=O)CC(C)(C)O2. The summed E-state index contributed by atoms with van der Waals surface area (Å²) < 4.78 is 58.4. The number of nitrogens with zero attached hydrogens (tertiary/aromatic N) is 1. The van der Waals surface area contributed by atoms with Crippen LogP contribution in [0.15, 0.2) is 36.4 Å². The summed E-state index contributed by atoms with van der Waals surface area (Å²) in [5, 5.41) is 2.84. The molecule has 1 N–H and O–H groups in total. The van der Waals surface area contributed by atoms with Crippen molar-refractivity contribution in [3.8, 4) is 5.75 Å². The van der Waals surface area contributed by atoms with Crippen LogP contribution in [0.3, 0.4) is 0 Å². The highest BCUT2D eigenvalue weighted by atomic mass is 32.2. The number of hydrogen-bond donors (Lipinski definition) is 1. The Bertz CT molecular complexity index is 1090. The van der Waals surface area contributed by atoms with Crippen molar-refractivity contribution >= 4 is 21.6 Å². The van der Waals surface area contributed by atoms with Crippen LogP contribution < -0.4 is 14.4 Å². The molecule has 0 radical (unpaired) electrons. The summed E-state index contributed by atoms with van der Waals surface area (Å²) in [6, 6.07) is 7.75. The monoisotopic (exact) mass is 438 g/mol. The summed E-state index contributed by atoms with van der Waals surface area (Å²) in [5.41, 5.74) is 0.848. The van der Waals surface area contributed by atoms with E-state index in [0.717, 1.165) is 29.5 Å². The fourth-order valence-corrected chi connectivity index (χ4v) is 4.39. The average molecular weight is 438 g/mol. The van der Waals surface area contributed by atoms with Crippen LogP contribution in [-0.2, 0) is 14.8 Å². The molecule has 0 aromatic heterocycles. The smallest absolute Gasteiger partial charge is 0.241 e. The van der Waals surface area contributed by atoms with E-state index in [2.05, 4.69) is 5.32 Å². The van der Waals surface area contributed by atoms with E-state index in [1.807, 2.05) is 39.0 Å². The Labute approximate surface area is 174 Å². The minimum atomic E-state index is -3.99. The number of aryl methyl sites for hydroxylation is 1. The van der Waals surface area contributed by atoms with Gasteiger partial charge in [0.1, 0.15) is 29.5 Å². The normalized spacial score (nSPS) is 17.6.